The van der Waals surface area contributed by atoms with Gasteiger partial charge in [-0.2, -0.15) is 0 Å². The number of hydrogen-bond acceptors (Lipinski definition) is 42. The number of fused-ring (bicyclic) bond motifs is 2. The lowest BCUT2D eigenvalue weighted by Crippen LogP contribution is -2.69. The average Bonchev–Trinajstić information content (AvgIpc) is 0.770. The highest BCUT2D eigenvalue weighted by Crippen LogP contribution is 2.41. The van der Waals surface area contributed by atoms with Gasteiger partial charge in [0.25, 0.3) is 0 Å². The normalized spacial score (nSPS) is 45.3. The zero-order chi connectivity index (χ0) is 83.2. The maximum atomic E-state index is 14.1. The molecule has 0 saturated carbocycles. The Morgan fingerprint density at radius 2 is 0.440 bits per heavy atom. The van der Waals surface area contributed by atoms with E-state index in [1.807, 2.05) is 0 Å². The van der Waals surface area contributed by atoms with Crippen LogP contribution in [0.1, 0.15) is 36.8 Å². The van der Waals surface area contributed by atoms with E-state index in [-0.39, 0.29) is 0 Å². The van der Waals surface area contributed by atoms with E-state index in [0.29, 0.717) is 21.9 Å². The first-order valence-corrected chi connectivity index (χ1v) is 37.8. The predicted octanol–water partition coefficient (Wildman–Crippen LogP) is -10.4. The zero-order valence-electron chi connectivity index (χ0n) is 62.0. The standard InChI is InChI=1S/C74H100O42/c1-25(29-15-7-11-27-9-3-5-13-31(27)29)65(97)99-23-39-63-47(87)55(95)73(107-39)113-61-37(21-79)103-69(51(91)43(61)83)109-57-33(17-75)102-68(50(90)42(57)82)112-60-36(20-78)106-72(54(94)46(60)86)116-64-40(24-100-66(98)26(2)30-16-8-12-28-10-4-6-14-32(28)30)108-74(56(96)48(64)88)114-62-38(22-80)104-70(52(92)44(62)84)110-58-34(18-76)101-67(49(89)41(58)81)111-59-35(19-77)105-71(115-63)53(93)45(59)85/h3-16,25-26,33-64,67-96H,17-24H2,1-2H3/t25-,26-,33+,34+,35+,36+,37+,38+,39+,40+,41+,42+,43+,44+,45+,46+,47+,48+,49+,50+,51+,52+,53+,54+,55+,56+,57+,58+,59+,60+,61+,62+,63+,64+,67+,68+,69+,70+,71+,72+,73+,74+/m0/s1. The molecule has 4 aromatic carbocycles. The Labute approximate surface area is 658 Å². The van der Waals surface area contributed by atoms with Crippen molar-refractivity contribution < 1.29 is 207 Å². The predicted molar refractivity (Wildman–Crippen MR) is 374 cm³/mol. The number of benzene rings is 4. The lowest BCUT2D eigenvalue weighted by molar-refractivity contribution is -0.404. The van der Waals surface area contributed by atoms with Gasteiger partial charge in [0.15, 0.2) is 50.3 Å². The van der Waals surface area contributed by atoms with E-state index in [9.17, 15) is 122 Å². The summed E-state index contributed by atoms with van der Waals surface area (Å²) >= 11 is 0. The van der Waals surface area contributed by atoms with Crippen molar-refractivity contribution in [3.05, 3.63) is 96.1 Å². The molecular formula is C74H100O42. The third-order valence-corrected chi connectivity index (χ3v) is 22.6. The molecule has 22 N–H and O–H groups in total. The Balaban J connectivity index is 0.788. The lowest BCUT2D eigenvalue weighted by atomic mass is 9.94. The quantitative estimate of drug-likeness (QED) is 0.0521. The van der Waals surface area contributed by atoms with Crippen molar-refractivity contribution >= 4 is 33.5 Å². The molecule has 30 heterocycles. The van der Waals surface area contributed by atoms with Crippen molar-refractivity contribution in [2.24, 2.45) is 0 Å². The van der Waals surface area contributed by atoms with Gasteiger partial charge in [-0.05, 0) is 46.5 Å². The molecule has 34 rings (SSSR count). The first kappa shape index (κ1) is 88.6. The summed E-state index contributed by atoms with van der Waals surface area (Å²) in [6, 6.07) is 24.6. The summed E-state index contributed by atoms with van der Waals surface area (Å²) in [6.07, 6.45) is -85.2. The van der Waals surface area contributed by atoms with Crippen molar-refractivity contribution in [1.82, 2.24) is 0 Å². The largest absolute Gasteiger partial charge is 0.462 e. The first-order chi connectivity index (χ1) is 55.5. The molecular weight excluding hydrogens is 1560 g/mol. The summed E-state index contributed by atoms with van der Waals surface area (Å²) in [4.78, 5) is 28.2. The SMILES string of the molecule is C[C@H](C(=O)OC[C@H]1O[C@@H]2O[C@H]3[C@H](O)[C@@H](O)[C@@H](O[C@H]4[C@H](O)[C@@H](O)[C@@H](O[C@H]5[C@H](O)[C@@H](O)[C@@H](O[C@H]6[C@H](O)[C@@H](O)[C@@H](O[C@H]7[C@H](O)[C@@H](O)[C@@H](O[C@H]8[C@H](O)[C@@H](O)[C@@H](O[C@H]9[C@H](O)[C@@H](O)[C@@H](O[C@H]1[C@H](O)[C@H]2O)O[C@@H]9CO)O[C@@H]8CO)O[C@@H]7CO)O[C@@H]6COC(=O)[C@@H](C)c1cccc2ccccc12)O[C@@H]5CO)O[C@@H]4CO)O[C@@H]3CO)c1cccc2ccccc12. The minimum atomic E-state index is -2.34. The van der Waals surface area contributed by atoms with Gasteiger partial charge in [0.2, 0.25) is 0 Å². The van der Waals surface area contributed by atoms with Crippen molar-refractivity contribution in [1.29, 1.82) is 0 Å². The Kier molecular flexibility index (Phi) is 29.1. The van der Waals surface area contributed by atoms with E-state index in [0.717, 1.165) is 10.8 Å². The Morgan fingerprint density at radius 1 is 0.259 bits per heavy atom. The molecule has 0 amide bonds. The number of carbonyl (C=O) groups excluding carboxylic acids is 2. The second kappa shape index (κ2) is 38.1. The van der Waals surface area contributed by atoms with Crippen LogP contribution in [0, 0.1) is 0 Å². The molecule has 30 aliphatic heterocycles. The molecule has 30 saturated heterocycles. The minimum absolute atomic E-state index is 0.510. The van der Waals surface area contributed by atoms with Gasteiger partial charge in [-0.3, -0.25) is 9.59 Å². The minimum Gasteiger partial charge on any atom is -0.462 e. The van der Waals surface area contributed by atoms with Crippen LogP contribution in [0.15, 0.2) is 84.9 Å². The van der Waals surface area contributed by atoms with Crippen LogP contribution in [0.4, 0.5) is 0 Å². The second-order valence-corrected chi connectivity index (χ2v) is 29.9. The lowest BCUT2D eigenvalue weighted by Gasteiger charge is -2.50. The summed E-state index contributed by atoms with van der Waals surface area (Å²) in [5.41, 5.74) is 1.02. The molecule has 42 atom stereocenters. The van der Waals surface area contributed by atoms with E-state index >= 15 is 0 Å². The van der Waals surface area contributed by atoms with E-state index in [1.165, 1.54) is 13.8 Å². The molecule has 648 valence electrons. The number of hydrogen-bond donors (Lipinski definition) is 22. The highest BCUT2D eigenvalue weighted by atomic mass is 16.8. The first-order valence-electron chi connectivity index (χ1n) is 37.8. The highest BCUT2D eigenvalue weighted by Gasteiger charge is 2.61. The summed E-state index contributed by atoms with van der Waals surface area (Å²) < 4.78 is 107. The summed E-state index contributed by atoms with van der Waals surface area (Å²) in [5, 5.41) is 257. The van der Waals surface area contributed by atoms with Crippen LogP contribution in [-0.4, -0.2) is 423 Å². The van der Waals surface area contributed by atoms with Gasteiger partial charge >= 0.3 is 11.9 Å². The zero-order valence-corrected chi connectivity index (χ0v) is 62.0. The van der Waals surface area contributed by atoms with E-state index in [2.05, 4.69) is 0 Å². The molecule has 42 nitrogen and oxygen atoms in total. The molecule has 30 aliphatic rings. The fourth-order valence-electron chi connectivity index (χ4n) is 16.0. The third kappa shape index (κ3) is 17.8. The maximum absolute atomic E-state index is 14.1. The summed E-state index contributed by atoms with van der Waals surface area (Å²) in [7, 11) is 0. The molecule has 116 heavy (non-hydrogen) atoms. The molecule has 0 radical (unpaired) electrons. The van der Waals surface area contributed by atoms with Crippen molar-refractivity contribution in [3.63, 3.8) is 0 Å². The monoisotopic (exact) mass is 1660 g/mol. The number of aliphatic hydroxyl groups is 22. The van der Waals surface area contributed by atoms with Gasteiger partial charge in [0.1, 0.15) is 209 Å². The molecule has 16 bridgehead atoms. The number of aliphatic hydroxyl groups excluding tert-OH is 22. The number of esters is 2. The molecule has 0 aliphatic carbocycles. The van der Waals surface area contributed by atoms with Crippen molar-refractivity contribution in [3.8, 4) is 0 Å². The maximum Gasteiger partial charge on any atom is 0.313 e. The smallest absolute Gasteiger partial charge is 0.313 e. The van der Waals surface area contributed by atoms with Gasteiger partial charge in [-0.15, -0.1) is 0 Å². The average molecular weight is 1660 g/mol. The van der Waals surface area contributed by atoms with Crippen LogP contribution in [0.2, 0.25) is 0 Å². The Morgan fingerprint density at radius 3 is 0.647 bits per heavy atom. The van der Waals surface area contributed by atoms with Gasteiger partial charge in [-0.1, -0.05) is 84.9 Å². The van der Waals surface area contributed by atoms with Crippen LogP contribution in [0.5, 0.6) is 0 Å². The van der Waals surface area contributed by atoms with E-state index in [4.69, 9.17) is 85.3 Å². The van der Waals surface area contributed by atoms with Crippen LogP contribution < -0.4 is 0 Å². The van der Waals surface area contributed by atoms with E-state index in [1.54, 1.807) is 84.9 Å². The van der Waals surface area contributed by atoms with E-state index < -0.39 is 322 Å². The second-order valence-electron chi connectivity index (χ2n) is 29.9. The summed E-state index contributed by atoms with van der Waals surface area (Å²) in [6.45, 7) is -5.56. The summed E-state index contributed by atoms with van der Waals surface area (Å²) in [5.74, 6) is -3.83. The van der Waals surface area contributed by atoms with Crippen LogP contribution >= 0.6 is 0 Å². The fourth-order valence-corrected chi connectivity index (χ4v) is 16.0. The van der Waals surface area contributed by atoms with Crippen molar-refractivity contribution in [2.75, 3.05) is 52.9 Å². The molecule has 0 spiro atoms. The Bertz CT molecular complexity index is 3590. The number of ether oxygens (including phenoxy) is 18. The molecule has 42 heteroatoms. The molecule has 30 fully saturated rings. The molecule has 0 aromatic heterocycles. The molecule has 0 unspecified atom stereocenters. The van der Waals surface area contributed by atoms with Gasteiger partial charge < -0.3 is 198 Å². The van der Waals surface area contributed by atoms with Gasteiger partial charge in [0, 0.05) is 0 Å². The highest BCUT2D eigenvalue weighted by molar-refractivity contribution is 5.92. The van der Waals surface area contributed by atoms with Crippen LogP contribution in [-0.2, 0) is 94.9 Å². The van der Waals surface area contributed by atoms with Crippen LogP contribution in [0.3, 0.4) is 0 Å². The van der Waals surface area contributed by atoms with Crippen molar-refractivity contribution in [2.45, 2.75) is 271 Å². The number of rotatable bonds is 14. The third-order valence-electron chi connectivity index (χ3n) is 22.6. The Hall–Kier alpha value is -5.18. The van der Waals surface area contributed by atoms with Crippen LogP contribution in [0.25, 0.3) is 21.5 Å². The van der Waals surface area contributed by atoms with Gasteiger partial charge in [0.05, 0.1) is 51.5 Å². The van der Waals surface area contributed by atoms with Gasteiger partial charge in [-0.25, -0.2) is 0 Å². The fraction of sp³-hybridized carbons (Fsp3) is 0.703. The topological polar surface area (TPSA) is 645 Å². The molecule has 4 aromatic rings. The number of carbonyl (C=O) groups is 2.